The maximum Gasteiger partial charge on any atom is 0.408 e. The lowest BCUT2D eigenvalue weighted by Crippen LogP contribution is -2.39. The molecule has 1 amide bonds. The average Bonchev–Trinajstić information content (AvgIpc) is 2.75. The highest BCUT2D eigenvalue weighted by molar-refractivity contribution is 5.68. The molecule has 1 aromatic rings. The fourth-order valence-electron chi connectivity index (χ4n) is 1.64. The van der Waals surface area contributed by atoms with Gasteiger partial charge in [-0.05, 0) is 39.8 Å². The Balaban J connectivity index is 2.79. The number of furan rings is 1. The van der Waals surface area contributed by atoms with E-state index in [1.165, 1.54) is 6.26 Å². The molecule has 5 nitrogen and oxygen atoms in total. The van der Waals surface area contributed by atoms with E-state index in [0.29, 0.717) is 5.76 Å². The van der Waals surface area contributed by atoms with Gasteiger partial charge in [0.25, 0.3) is 0 Å². The summed E-state index contributed by atoms with van der Waals surface area (Å²) in [6.45, 7) is 8.92. The van der Waals surface area contributed by atoms with Crippen molar-refractivity contribution >= 4 is 6.09 Å². The molecule has 108 valence electrons. The number of aliphatic hydroxyl groups excluding tert-OH is 1. The van der Waals surface area contributed by atoms with E-state index < -0.39 is 23.8 Å². The van der Waals surface area contributed by atoms with Gasteiger partial charge in [-0.15, -0.1) is 0 Å². The third kappa shape index (κ3) is 4.95. The molecule has 2 N–H and O–H groups in total. The van der Waals surface area contributed by atoms with Crippen LogP contribution in [0.4, 0.5) is 4.79 Å². The van der Waals surface area contributed by atoms with Crippen LogP contribution in [0, 0.1) is 5.92 Å². The molecule has 1 heterocycles. The summed E-state index contributed by atoms with van der Waals surface area (Å²) in [5.74, 6) is 0.401. The maximum absolute atomic E-state index is 11.8. The molecular formula is C14H23NO4. The standard InChI is InChI=1S/C14H23NO4/c1-9(10(2)16)12(11-7-6-8-18-11)15-13(17)19-14(3,4)5/h6-10,12,16H,1-5H3,(H,15,17)/t9-,10+,12-/m0/s1. The van der Waals surface area contributed by atoms with Crippen molar-refractivity contribution in [3.8, 4) is 0 Å². The number of nitrogens with one attached hydrogen (secondary N) is 1. The van der Waals surface area contributed by atoms with Gasteiger partial charge in [0.2, 0.25) is 0 Å². The molecule has 0 unspecified atom stereocenters. The molecule has 3 atom stereocenters. The summed E-state index contributed by atoms with van der Waals surface area (Å²) >= 11 is 0. The van der Waals surface area contributed by atoms with E-state index in [9.17, 15) is 9.90 Å². The van der Waals surface area contributed by atoms with Gasteiger partial charge < -0.3 is 19.6 Å². The van der Waals surface area contributed by atoms with Gasteiger partial charge in [-0.3, -0.25) is 0 Å². The summed E-state index contributed by atoms with van der Waals surface area (Å²) < 4.78 is 10.5. The van der Waals surface area contributed by atoms with Crippen LogP contribution in [0.1, 0.15) is 46.4 Å². The number of hydrogen-bond acceptors (Lipinski definition) is 4. The van der Waals surface area contributed by atoms with E-state index in [4.69, 9.17) is 9.15 Å². The number of carbonyl (C=O) groups is 1. The zero-order chi connectivity index (χ0) is 14.6. The first-order valence-electron chi connectivity index (χ1n) is 6.41. The molecule has 0 saturated heterocycles. The van der Waals surface area contributed by atoms with Crippen LogP contribution in [0.2, 0.25) is 0 Å². The Labute approximate surface area is 113 Å². The summed E-state index contributed by atoms with van der Waals surface area (Å²) in [6.07, 6.45) is 0.430. The van der Waals surface area contributed by atoms with Crippen molar-refractivity contribution in [2.45, 2.75) is 52.4 Å². The highest BCUT2D eigenvalue weighted by atomic mass is 16.6. The zero-order valence-corrected chi connectivity index (χ0v) is 12.1. The third-order valence-corrected chi connectivity index (χ3v) is 2.81. The second-order valence-corrected chi connectivity index (χ2v) is 5.74. The molecule has 0 aliphatic carbocycles. The molecule has 0 bridgehead atoms. The SMILES string of the molecule is C[C@H]([C@H](NC(=O)OC(C)(C)C)c1ccco1)[C@@H](C)O. The molecule has 0 aliphatic rings. The second kappa shape index (κ2) is 6.10. The van der Waals surface area contributed by atoms with E-state index in [0.717, 1.165) is 0 Å². The third-order valence-electron chi connectivity index (χ3n) is 2.81. The van der Waals surface area contributed by atoms with Crippen molar-refractivity contribution < 1.29 is 19.1 Å². The fourth-order valence-corrected chi connectivity index (χ4v) is 1.64. The van der Waals surface area contributed by atoms with Crippen LogP contribution >= 0.6 is 0 Å². The molecular weight excluding hydrogens is 246 g/mol. The molecule has 0 fully saturated rings. The second-order valence-electron chi connectivity index (χ2n) is 5.74. The van der Waals surface area contributed by atoms with Crippen LogP contribution in [0.25, 0.3) is 0 Å². The Bertz CT molecular complexity index is 392. The summed E-state index contributed by atoms with van der Waals surface area (Å²) in [5, 5.41) is 12.4. The van der Waals surface area contributed by atoms with E-state index in [1.807, 2.05) is 6.92 Å². The number of rotatable bonds is 4. The van der Waals surface area contributed by atoms with Gasteiger partial charge in [0.15, 0.2) is 0 Å². The first-order valence-corrected chi connectivity index (χ1v) is 6.41. The smallest absolute Gasteiger partial charge is 0.408 e. The van der Waals surface area contributed by atoms with Gasteiger partial charge in [-0.2, -0.15) is 0 Å². The fraction of sp³-hybridized carbons (Fsp3) is 0.643. The quantitative estimate of drug-likeness (QED) is 0.881. The van der Waals surface area contributed by atoms with Gasteiger partial charge in [0.05, 0.1) is 18.4 Å². The van der Waals surface area contributed by atoms with Gasteiger partial charge in [0.1, 0.15) is 11.4 Å². The van der Waals surface area contributed by atoms with Crippen LogP contribution in [-0.4, -0.2) is 22.9 Å². The normalized spacial score (nSPS) is 16.5. The number of ether oxygens (including phenoxy) is 1. The van der Waals surface area contributed by atoms with Crippen molar-refractivity contribution in [3.05, 3.63) is 24.2 Å². The summed E-state index contributed by atoms with van der Waals surface area (Å²) in [7, 11) is 0. The Morgan fingerprint density at radius 2 is 2.05 bits per heavy atom. The largest absolute Gasteiger partial charge is 0.467 e. The Morgan fingerprint density at radius 3 is 2.47 bits per heavy atom. The van der Waals surface area contributed by atoms with Gasteiger partial charge in [-0.25, -0.2) is 4.79 Å². The van der Waals surface area contributed by atoms with Gasteiger partial charge in [0, 0.05) is 5.92 Å². The van der Waals surface area contributed by atoms with Crippen molar-refractivity contribution in [3.63, 3.8) is 0 Å². The van der Waals surface area contributed by atoms with Crippen molar-refractivity contribution in [1.29, 1.82) is 0 Å². The zero-order valence-electron chi connectivity index (χ0n) is 12.1. The molecule has 1 aromatic heterocycles. The maximum atomic E-state index is 11.8. The lowest BCUT2D eigenvalue weighted by Gasteiger charge is -2.27. The predicted molar refractivity (Wildman–Crippen MR) is 71.7 cm³/mol. The van der Waals surface area contributed by atoms with E-state index >= 15 is 0 Å². The minimum absolute atomic E-state index is 0.196. The van der Waals surface area contributed by atoms with Crippen molar-refractivity contribution in [2.75, 3.05) is 0 Å². The molecule has 0 spiro atoms. The van der Waals surface area contributed by atoms with Crippen LogP contribution in [0.15, 0.2) is 22.8 Å². The Morgan fingerprint density at radius 1 is 1.42 bits per heavy atom. The topological polar surface area (TPSA) is 71.7 Å². The van der Waals surface area contributed by atoms with E-state index in [-0.39, 0.29) is 5.92 Å². The Kier molecular flexibility index (Phi) is 5.00. The summed E-state index contributed by atoms with van der Waals surface area (Å²) in [6, 6.07) is 3.08. The molecule has 0 aliphatic heterocycles. The molecule has 1 rings (SSSR count). The number of alkyl carbamates (subject to hydrolysis) is 1. The van der Waals surface area contributed by atoms with Crippen LogP contribution < -0.4 is 5.32 Å². The number of hydrogen-bond donors (Lipinski definition) is 2. The van der Waals surface area contributed by atoms with Crippen molar-refractivity contribution in [1.82, 2.24) is 5.32 Å². The molecule has 5 heteroatoms. The van der Waals surface area contributed by atoms with Crippen LogP contribution in [0.3, 0.4) is 0 Å². The highest BCUT2D eigenvalue weighted by Gasteiger charge is 2.28. The Hall–Kier alpha value is -1.49. The van der Waals surface area contributed by atoms with Gasteiger partial charge in [-0.1, -0.05) is 6.92 Å². The average molecular weight is 269 g/mol. The number of amides is 1. The molecule has 19 heavy (non-hydrogen) atoms. The molecule has 0 saturated carbocycles. The number of aliphatic hydroxyl groups is 1. The molecule has 0 radical (unpaired) electrons. The summed E-state index contributed by atoms with van der Waals surface area (Å²) in [4.78, 5) is 11.8. The minimum atomic E-state index is -0.579. The summed E-state index contributed by atoms with van der Waals surface area (Å²) in [5.41, 5.74) is -0.564. The first kappa shape index (κ1) is 15.6. The van der Waals surface area contributed by atoms with Gasteiger partial charge >= 0.3 is 6.09 Å². The highest BCUT2D eigenvalue weighted by Crippen LogP contribution is 2.25. The van der Waals surface area contributed by atoms with Crippen LogP contribution in [-0.2, 0) is 4.74 Å². The van der Waals surface area contributed by atoms with E-state index in [2.05, 4.69) is 5.32 Å². The monoisotopic (exact) mass is 269 g/mol. The van der Waals surface area contributed by atoms with Crippen molar-refractivity contribution in [2.24, 2.45) is 5.92 Å². The van der Waals surface area contributed by atoms with Crippen LogP contribution in [0.5, 0.6) is 0 Å². The van der Waals surface area contributed by atoms with E-state index in [1.54, 1.807) is 39.8 Å². The lowest BCUT2D eigenvalue weighted by atomic mass is 9.95. The predicted octanol–water partition coefficient (Wildman–Crippen LogP) is 2.86. The number of carbonyl (C=O) groups excluding carboxylic acids is 1. The minimum Gasteiger partial charge on any atom is -0.467 e. The first-order chi connectivity index (χ1) is 8.70. The molecule has 0 aromatic carbocycles. The lowest BCUT2D eigenvalue weighted by molar-refractivity contribution is 0.0421.